The molecule has 0 spiro atoms. The number of nitrogens with zero attached hydrogens (tertiary/aromatic N) is 1. The minimum atomic E-state index is -0.760. The summed E-state index contributed by atoms with van der Waals surface area (Å²) in [5, 5.41) is 10.4. The van der Waals surface area contributed by atoms with Crippen LogP contribution in [0, 0.1) is 5.82 Å². The highest BCUT2D eigenvalue weighted by atomic mass is 19.1. The van der Waals surface area contributed by atoms with E-state index in [0.717, 1.165) is 12.3 Å². The molecule has 1 aliphatic rings. The van der Waals surface area contributed by atoms with Crippen molar-refractivity contribution in [3.8, 4) is 28.7 Å². The summed E-state index contributed by atoms with van der Waals surface area (Å²) < 4.78 is 34.7. The fraction of sp³-hybridized carbons (Fsp3) is 0.160. The smallest absolute Gasteiger partial charge is 0.336 e. The van der Waals surface area contributed by atoms with Crippen LogP contribution in [0.15, 0.2) is 54.7 Å². The van der Waals surface area contributed by atoms with Crippen molar-refractivity contribution in [1.82, 2.24) is 4.98 Å². The van der Waals surface area contributed by atoms with Crippen LogP contribution in [0.3, 0.4) is 0 Å². The van der Waals surface area contributed by atoms with Crippen molar-refractivity contribution in [1.29, 1.82) is 0 Å². The molecule has 0 unspecified atom stereocenters. The van der Waals surface area contributed by atoms with Gasteiger partial charge < -0.3 is 24.1 Å². The van der Waals surface area contributed by atoms with Crippen LogP contribution in [-0.2, 0) is 4.79 Å². The Morgan fingerprint density at radius 2 is 1.94 bits per heavy atom. The number of pyridine rings is 1. The SMILES string of the molecule is COc1ccc([C@@H]2CC(=O)c3c(O)cc(OC(=O)/C=C/c4ccc(F)cn4)cc3O2)cc1OC. The maximum atomic E-state index is 12.9. The highest BCUT2D eigenvalue weighted by Crippen LogP contribution is 2.43. The fourth-order valence-corrected chi connectivity index (χ4v) is 3.50. The number of rotatable bonds is 6. The molecule has 1 N–H and O–H groups in total. The minimum absolute atomic E-state index is 0.00256. The molecule has 0 fully saturated rings. The van der Waals surface area contributed by atoms with Gasteiger partial charge in [-0.15, -0.1) is 0 Å². The van der Waals surface area contributed by atoms with Crippen LogP contribution >= 0.6 is 0 Å². The Kier molecular flexibility index (Phi) is 6.44. The van der Waals surface area contributed by atoms with Gasteiger partial charge in [0.2, 0.25) is 0 Å². The van der Waals surface area contributed by atoms with Gasteiger partial charge in [-0.1, -0.05) is 6.07 Å². The van der Waals surface area contributed by atoms with Gasteiger partial charge in [0.05, 0.1) is 32.5 Å². The van der Waals surface area contributed by atoms with Gasteiger partial charge in [0.1, 0.15) is 34.7 Å². The number of ether oxygens (including phenoxy) is 4. The number of fused-ring (bicyclic) bond motifs is 1. The molecule has 34 heavy (non-hydrogen) atoms. The van der Waals surface area contributed by atoms with E-state index in [2.05, 4.69) is 4.98 Å². The van der Waals surface area contributed by atoms with Crippen molar-refractivity contribution in [3.63, 3.8) is 0 Å². The van der Waals surface area contributed by atoms with Crippen LogP contribution in [-0.4, -0.2) is 36.1 Å². The molecule has 1 atom stereocenters. The number of aromatic hydroxyl groups is 1. The summed E-state index contributed by atoms with van der Waals surface area (Å²) in [5.74, 6) is -0.853. The number of esters is 1. The number of Topliss-reactive ketones (excluding diaryl/α,β-unsaturated/α-hetero) is 1. The molecule has 1 aromatic heterocycles. The van der Waals surface area contributed by atoms with Crippen LogP contribution in [0.5, 0.6) is 28.7 Å². The van der Waals surface area contributed by atoms with E-state index in [1.807, 2.05) is 0 Å². The number of ketones is 1. The molecule has 0 saturated heterocycles. The van der Waals surface area contributed by atoms with Crippen LogP contribution in [0.2, 0.25) is 0 Å². The molecular formula is C25H20FNO7. The molecular weight excluding hydrogens is 445 g/mol. The van der Waals surface area contributed by atoms with Gasteiger partial charge in [0.25, 0.3) is 0 Å². The summed E-state index contributed by atoms with van der Waals surface area (Å²) in [7, 11) is 3.02. The largest absolute Gasteiger partial charge is 0.507 e. The van der Waals surface area contributed by atoms with Gasteiger partial charge in [-0.05, 0) is 35.9 Å². The van der Waals surface area contributed by atoms with Crippen LogP contribution in [0.25, 0.3) is 6.08 Å². The third-order valence-electron chi connectivity index (χ3n) is 5.11. The Balaban J connectivity index is 1.55. The summed E-state index contributed by atoms with van der Waals surface area (Å²) in [4.78, 5) is 28.7. The van der Waals surface area contributed by atoms with Crippen molar-refractivity contribution >= 4 is 17.8 Å². The molecule has 3 aromatic rings. The number of phenolic OH excluding ortho intramolecular Hbond substituents is 1. The van der Waals surface area contributed by atoms with Crippen LogP contribution in [0.1, 0.15) is 34.1 Å². The lowest BCUT2D eigenvalue weighted by molar-refractivity contribution is -0.128. The molecule has 0 radical (unpaired) electrons. The fourth-order valence-electron chi connectivity index (χ4n) is 3.50. The first-order valence-electron chi connectivity index (χ1n) is 10.2. The van der Waals surface area contributed by atoms with E-state index < -0.39 is 17.9 Å². The molecule has 1 aliphatic heterocycles. The van der Waals surface area contributed by atoms with Gasteiger partial charge in [0.15, 0.2) is 17.3 Å². The zero-order chi connectivity index (χ0) is 24.2. The second-order valence-electron chi connectivity index (χ2n) is 7.32. The Bertz CT molecular complexity index is 1270. The number of halogens is 1. The number of hydrogen-bond acceptors (Lipinski definition) is 8. The predicted octanol–water partition coefficient (Wildman–Crippen LogP) is 4.27. The van der Waals surface area contributed by atoms with Crippen molar-refractivity contribution in [2.24, 2.45) is 0 Å². The molecule has 2 aromatic carbocycles. The number of carbonyl (C=O) groups is 2. The van der Waals surface area contributed by atoms with Crippen molar-refractivity contribution in [3.05, 3.63) is 77.4 Å². The number of aromatic nitrogens is 1. The van der Waals surface area contributed by atoms with Gasteiger partial charge in [0, 0.05) is 18.2 Å². The van der Waals surface area contributed by atoms with Gasteiger partial charge in [-0.2, -0.15) is 0 Å². The second-order valence-corrected chi connectivity index (χ2v) is 7.32. The summed E-state index contributed by atoms with van der Waals surface area (Å²) >= 11 is 0. The molecule has 8 nitrogen and oxygen atoms in total. The summed E-state index contributed by atoms with van der Waals surface area (Å²) in [6.07, 6.45) is 2.84. The Morgan fingerprint density at radius 1 is 1.15 bits per heavy atom. The molecule has 0 aliphatic carbocycles. The highest BCUT2D eigenvalue weighted by molar-refractivity contribution is 6.03. The quantitative estimate of drug-likeness (QED) is 0.327. The molecule has 2 heterocycles. The molecule has 174 valence electrons. The lowest BCUT2D eigenvalue weighted by atomic mass is 9.95. The molecule has 0 bridgehead atoms. The van der Waals surface area contributed by atoms with Gasteiger partial charge in [-0.3, -0.25) is 9.78 Å². The first-order chi connectivity index (χ1) is 16.4. The van der Waals surface area contributed by atoms with Crippen molar-refractivity contribution in [2.75, 3.05) is 14.2 Å². The van der Waals surface area contributed by atoms with E-state index in [-0.39, 0.29) is 35.0 Å². The summed E-state index contributed by atoms with van der Waals surface area (Å²) in [6.45, 7) is 0. The third kappa shape index (κ3) is 4.83. The first kappa shape index (κ1) is 22.8. The number of benzene rings is 2. The zero-order valence-corrected chi connectivity index (χ0v) is 18.3. The third-order valence-corrected chi connectivity index (χ3v) is 5.11. The van der Waals surface area contributed by atoms with E-state index in [4.69, 9.17) is 18.9 Å². The van der Waals surface area contributed by atoms with E-state index >= 15 is 0 Å². The topological polar surface area (TPSA) is 104 Å². The average Bonchev–Trinajstić information content (AvgIpc) is 2.82. The van der Waals surface area contributed by atoms with Crippen molar-refractivity contribution < 1.29 is 38.0 Å². The Labute approximate surface area is 194 Å². The maximum Gasteiger partial charge on any atom is 0.336 e. The number of methoxy groups -OCH3 is 2. The molecule has 9 heteroatoms. The van der Waals surface area contributed by atoms with Gasteiger partial charge >= 0.3 is 5.97 Å². The maximum absolute atomic E-state index is 12.9. The van der Waals surface area contributed by atoms with Crippen LogP contribution < -0.4 is 18.9 Å². The van der Waals surface area contributed by atoms with E-state index in [0.29, 0.717) is 22.8 Å². The average molecular weight is 465 g/mol. The normalized spacial score (nSPS) is 14.9. The minimum Gasteiger partial charge on any atom is -0.507 e. The lowest BCUT2D eigenvalue weighted by Gasteiger charge is -2.26. The second kappa shape index (κ2) is 9.62. The number of phenols is 1. The summed E-state index contributed by atoms with van der Waals surface area (Å²) in [5.41, 5.74) is 1.05. The molecule has 0 amide bonds. The zero-order valence-electron chi connectivity index (χ0n) is 18.3. The summed E-state index contributed by atoms with van der Waals surface area (Å²) in [6, 6.07) is 10.3. The van der Waals surface area contributed by atoms with Crippen molar-refractivity contribution in [2.45, 2.75) is 12.5 Å². The molecule has 0 saturated carbocycles. The standard InChI is InChI=1S/C25H20FNO7/c1-31-20-7-3-14(9-22(20)32-2)21-12-19(29)25-18(28)10-17(11-23(25)34-21)33-24(30)8-6-16-5-4-15(26)13-27-16/h3-11,13,21,28H,12H2,1-2H3/b8-6+/t21-/m0/s1. The van der Waals surface area contributed by atoms with E-state index in [1.165, 1.54) is 44.6 Å². The van der Waals surface area contributed by atoms with E-state index in [1.54, 1.807) is 18.2 Å². The monoisotopic (exact) mass is 465 g/mol. The lowest BCUT2D eigenvalue weighted by Crippen LogP contribution is -2.21. The predicted molar refractivity (Wildman–Crippen MR) is 119 cm³/mol. The first-order valence-corrected chi connectivity index (χ1v) is 10.2. The highest BCUT2D eigenvalue weighted by Gasteiger charge is 2.31. The van der Waals surface area contributed by atoms with E-state index in [9.17, 15) is 19.1 Å². The number of carbonyl (C=O) groups excluding carboxylic acids is 2. The number of hydrogen-bond donors (Lipinski definition) is 1. The molecule has 4 rings (SSSR count). The van der Waals surface area contributed by atoms with Gasteiger partial charge in [-0.25, -0.2) is 9.18 Å². The van der Waals surface area contributed by atoms with Crippen LogP contribution in [0.4, 0.5) is 4.39 Å². The Morgan fingerprint density at radius 3 is 2.65 bits per heavy atom. The Hall–Kier alpha value is -4.40.